The lowest BCUT2D eigenvalue weighted by Crippen LogP contribution is -1.93. The van der Waals surface area contributed by atoms with Gasteiger partial charge in [-0.1, -0.05) is 23.7 Å². The zero-order valence-corrected chi connectivity index (χ0v) is 10.8. The number of hydrogen-bond acceptors (Lipinski definition) is 2. The van der Waals surface area contributed by atoms with Gasteiger partial charge < -0.3 is 9.47 Å². The summed E-state index contributed by atoms with van der Waals surface area (Å²) in [6, 6.07) is 9.69. The third kappa shape index (κ3) is 2.57. The van der Waals surface area contributed by atoms with Crippen LogP contribution in [0.1, 0.15) is 5.56 Å². The summed E-state index contributed by atoms with van der Waals surface area (Å²) in [4.78, 5) is 0. The molecule has 0 aliphatic rings. The van der Waals surface area contributed by atoms with Crippen molar-refractivity contribution in [3.05, 3.63) is 52.8 Å². The van der Waals surface area contributed by atoms with Crippen LogP contribution in [-0.2, 0) is 0 Å². The molecule has 0 unspecified atom stereocenters. The van der Waals surface area contributed by atoms with E-state index in [0.29, 0.717) is 16.5 Å². The average Bonchev–Trinajstić information content (AvgIpc) is 2.36. The zero-order valence-electron chi connectivity index (χ0n) is 10.0. The fraction of sp³-hybridized carbons (Fsp3) is 0.143. The Balaban J connectivity index is 2.36. The Morgan fingerprint density at radius 3 is 2.61 bits per heavy atom. The van der Waals surface area contributed by atoms with Crippen LogP contribution >= 0.6 is 11.6 Å². The van der Waals surface area contributed by atoms with E-state index in [9.17, 15) is 4.39 Å². The molecular formula is C14H12ClFO2. The van der Waals surface area contributed by atoms with Gasteiger partial charge >= 0.3 is 0 Å². The molecule has 0 aliphatic carbocycles. The fourth-order valence-electron chi connectivity index (χ4n) is 1.50. The largest absolute Gasteiger partial charge is 0.493 e. The number of para-hydroxylation sites is 1. The second-order valence-electron chi connectivity index (χ2n) is 3.78. The number of rotatable bonds is 3. The van der Waals surface area contributed by atoms with Crippen molar-refractivity contribution >= 4 is 11.6 Å². The molecule has 2 rings (SSSR count). The monoisotopic (exact) mass is 266 g/mol. The first-order valence-electron chi connectivity index (χ1n) is 5.38. The van der Waals surface area contributed by atoms with E-state index >= 15 is 0 Å². The zero-order chi connectivity index (χ0) is 13.1. The van der Waals surface area contributed by atoms with Crippen LogP contribution in [0.4, 0.5) is 4.39 Å². The number of hydrogen-bond donors (Lipinski definition) is 0. The molecule has 94 valence electrons. The lowest BCUT2D eigenvalue weighted by Gasteiger charge is -2.11. The quantitative estimate of drug-likeness (QED) is 0.809. The Hall–Kier alpha value is -1.74. The summed E-state index contributed by atoms with van der Waals surface area (Å²) in [6.07, 6.45) is 0. The molecule has 0 aliphatic heterocycles. The third-order valence-electron chi connectivity index (χ3n) is 2.51. The first kappa shape index (κ1) is 12.7. The van der Waals surface area contributed by atoms with Gasteiger partial charge in [-0.25, -0.2) is 4.39 Å². The molecule has 0 saturated heterocycles. The normalized spacial score (nSPS) is 10.2. The molecule has 4 heteroatoms. The van der Waals surface area contributed by atoms with Crippen molar-refractivity contribution in [1.82, 2.24) is 0 Å². The number of methoxy groups -OCH3 is 1. The maximum absolute atomic E-state index is 13.7. The molecule has 0 bridgehead atoms. The summed E-state index contributed by atoms with van der Waals surface area (Å²) in [7, 11) is 1.46. The molecule has 0 atom stereocenters. The van der Waals surface area contributed by atoms with Crippen molar-refractivity contribution in [1.29, 1.82) is 0 Å². The molecular weight excluding hydrogens is 255 g/mol. The number of ether oxygens (including phenoxy) is 2. The highest BCUT2D eigenvalue weighted by atomic mass is 35.5. The Labute approximate surface area is 110 Å². The smallest absolute Gasteiger partial charge is 0.204 e. The molecule has 2 aromatic rings. The topological polar surface area (TPSA) is 18.5 Å². The predicted octanol–water partition coefficient (Wildman–Crippen LogP) is 4.59. The summed E-state index contributed by atoms with van der Waals surface area (Å²) < 4.78 is 24.2. The summed E-state index contributed by atoms with van der Waals surface area (Å²) in [5, 5.41) is 0.572. The maximum atomic E-state index is 13.7. The van der Waals surface area contributed by atoms with E-state index in [4.69, 9.17) is 21.1 Å². The minimum absolute atomic E-state index is 0.0555. The highest BCUT2D eigenvalue weighted by Crippen LogP contribution is 2.35. The molecule has 0 saturated carbocycles. The molecule has 0 heterocycles. The minimum Gasteiger partial charge on any atom is -0.493 e. The Morgan fingerprint density at radius 2 is 1.94 bits per heavy atom. The van der Waals surface area contributed by atoms with Crippen molar-refractivity contribution in [3.63, 3.8) is 0 Å². The van der Waals surface area contributed by atoms with Gasteiger partial charge in [0.15, 0.2) is 11.6 Å². The van der Waals surface area contributed by atoms with Gasteiger partial charge in [0.2, 0.25) is 5.75 Å². The SMILES string of the molecule is COc1cccc(F)c1Oc1ccc(C)c(Cl)c1. The predicted molar refractivity (Wildman–Crippen MR) is 69.2 cm³/mol. The highest BCUT2D eigenvalue weighted by Gasteiger charge is 2.11. The lowest BCUT2D eigenvalue weighted by atomic mass is 10.2. The van der Waals surface area contributed by atoms with Crippen LogP contribution in [0.15, 0.2) is 36.4 Å². The summed E-state index contributed by atoms with van der Waals surface area (Å²) >= 11 is 5.99. The fourth-order valence-corrected chi connectivity index (χ4v) is 1.67. The van der Waals surface area contributed by atoms with E-state index < -0.39 is 5.82 Å². The van der Waals surface area contributed by atoms with Crippen LogP contribution in [0.3, 0.4) is 0 Å². The van der Waals surface area contributed by atoms with Gasteiger partial charge in [0, 0.05) is 5.02 Å². The molecule has 2 nitrogen and oxygen atoms in total. The first-order valence-corrected chi connectivity index (χ1v) is 5.76. The molecule has 0 spiro atoms. The molecule has 0 N–H and O–H groups in total. The number of halogens is 2. The van der Waals surface area contributed by atoms with E-state index in [1.165, 1.54) is 13.2 Å². The van der Waals surface area contributed by atoms with Crippen LogP contribution in [-0.4, -0.2) is 7.11 Å². The van der Waals surface area contributed by atoms with Gasteiger partial charge in [-0.3, -0.25) is 0 Å². The van der Waals surface area contributed by atoms with Crippen LogP contribution in [0.25, 0.3) is 0 Å². The van der Waals surface area contributed by atoms with Crippen LogP contribution in [0.2, 0.25) is 5.02 Å². The van der Waals surface area contributed by atoms with Gasteiger partial charge in [-0.2, -0.15) is 0 Å². The second-order valence-corrected chi connectivity index (χ2v) is 4.19. The van der Waals surface area contributed by atoms with E-state index in [0.717, 1.165) is 5.56 Å². The van der Waals surface area contributed by atoms with Gasteiger partial charge in [0.1, 0.15) is 5.75 Å². The van der Waals surface area contributed by atoms with Crippen molar-refractivity contribution in [2.24, 2.45) is 0 Å². The van der Waals surface area contributed by atoms with Crippen molar-refractivity contribution in [3.8, 4) is 17.2 Å². The van der Waals surface area contributed by atoms with E-state index in [1.54, 1.807) is 24.3 Å². The van der Waals surface area contributed by atoms with Crippen molar-refractivity contribution < 1.29 is 13.9 Å². The second kappa shape index (κ2) is 5.27. The van der Waals surface area contributed by atoms with E-state index in [2.05, 4.69) is 0 Å². The van der Waals surface area contributed by atoms with Gasteiger partial charge in [-0.05, 0) is 36.8 Å². The maximum Gasteiger partial charge on any atom is 0.204 e. The van der Waals surface area contributed by atoms with Crippen molar-refractivity contribution in [2.75, 3.05) is 7.11 Å². The molecule has 2 aromatic carbocycles. The van der Waals surface area contributed by atoms with Crippen LogP contribution < -0.4 is 9.47 Å². The standard InChI is InChI=1S/C14H12ClFO2/c1-9-6-7-10(8-11(9)15)18-14-12(16)4-3-5-13(14)17-2/h3-8H,1-2H3. The van der Waals surface area contributed by atoms with Gasteiger partial charge in [0.25, 0.3) is 0 Å². The van der Waals surface area contributed by atoms with Crippen LogP contribution in [0, 0.1) is 12.7 Å². The number of benzene rings is 2. The van der Waals surface area contributed by atoms with Crippen molar-refractivity contribution in [2.45, 2.75) is 6.92 Å². The molecule has 18 heavy (non-hydrogen) atoms. The summed E-state index contributed by atoms with van der Waals surface area (Å²) in [5.74, 6) is 0.381. The Morgan fingerprint density at radius 1 is 1.17 bits per heavy atom. The van der Waals surface area contributed by atoms with E-state index in [1.807, 2.05) is 13.0 Å². The van der Waals surface area contributed by atoms with E-state index in [-0.39, 0.29) is 5.75 Å². The molecule has 0 aromatic heterocycles. The van der Waals surface area contributed by atoms with Gasteiger partial charge in [-0.15, -0.1) is 0 Å². The summed E-state index contributed by atoms with van der Waals surface area (Å²) in [5.41, 5.74) is 0.935. The molecule has 0 fully saturated rings. The Kier molecular flexibility index (Phi) is 3.72. The first-order chi connectivity index (χ1) is 8.61. The lowest BCUT2D eigenvalue weighted by molar-refractivity contribution is 0.364. The average molecular weight is 267 g/mol. The highest BCUT2D eigenvalue weighted by molar-refractivity contribution is 6.31. The van der Waals surface area contributed by atoms with Crippen LogP contribution in [0.5, 0.6) is 17.2 Å². The molecule has 0 amide bonds. The minimum atomic E-state index is -0.481. The summed E-state index contributed by atoms with van der Waals surface area (Å²) in [6.45, 7) is 1.88. The third-order valence-corrected chi connectivity index (χ3v) is 2.92. The van der Waals surface area contributed by atoms with Gasteiger partial charge in [0.05, 0.1) is 7.11 Å². The Bertz CT molecular complexity index is 570. The number of aryl methyl sites for hydroxylation is 1. The molecule has 0 radical (unpaired) electrons.